The molecule has 1 aliphatic carbocycles. The Morgan fingerprint density at radius 3 is 2.67 bits per heavy atom. The summed E-state index contributed by atoms with van der Waals surface area (Å²) in [6.45, 7) is 6.13. The number of aryl methyl sites for hydroxylation is 2. The molecule has 9 heteroatoms. The van der Waals surface area contributed by atoms with Crippen molar-refractivity contribution in [2.45, 2.75) is 63.4 Å². The summed E-state index contributed by atoms with van der Waals surface area (Å²) in [7, 11) is 0. The van der Waals surface area contributed by atoms with Crippen molar-refractivity contribution < 1.29 is 9.59 Å². The number of thiophene rings is 1. The van der Waals surface area contributed by atoms with Crippen LogP contribution in [0, 0.1) is 5.92 Å². The van der Waals surface area contributed by atoms with Gasteiger partial charge in [0.05, 0.1) is 10.6 Å². The first kappa shape index (κ1) is 19.9. The first-order chi connectivity index (χ1) is 12.8. The first-order valence-corrected chi connectivity index (χ1v) is 10.8. The van der Waals surface area contributed by atoms with E-state index < -0.39 is 17.2 Å². The van der Waals surface area contributed by atoms with E-state index in [0.717, 1.165) is 41.5 Å². The van der Waals surface area contributed by atoms with Gasteiger partial charge in [0.15, 0.2) is 5.16 Å². The second-order valence-electron chi connectivity index (χ2n) is 6.97. The van der Waals surface area contributed by atoms with Crippen LogP contribution in [0.1, 0.15) is 44.1 Å². The maximum Gasteiger partial charge on any atom is 0.318 e. The quantitative estimate of drug-likeness (QED) is 0.584. The average molecular weight is 409 g/mol. The number of rotatable bonds is 5. The molecule has 0 saturated carbocycles. The number of nitrogens with one attached hydrogen (secondary N) is 1. The van der Waals surface area contributed by atoms with Gasteiger partial charge in [-0.05, 0) is 44.1 Å². The van der Waals surface area contributed by atoms with Crippen molar-refractivity contribution in [1.82, 2.24) is 14.9 Å². The zero-order valence-corrected chi connectivity index (χ0v) is 17.3. The van der Waals surface area contributed by atoms with Crippen LogP contribution in [0.4, 0.5) is 4.79 Å². The summed E-state index contributed by atoms with van der Waals surface area (Å²) in [5.41, 5.74) is 6.20. The SMILES string of the molecule is CCn1c(SC(C(=O)NC(N)=O)C(C)C)nc2sc3c(c2c1=O)CCCC3. The van der Waals surface area contributed by atoms with Gasteiger partial charge in [-0.25, -0.2) is 9.78 Å². The predicted octanol–water partition coefficient (Wildman–Crippen LogP) is 2.67. The van der Waals surface area contributed by atoms with Gasteiger partial charge < -0.3 is 5.73 Å². The summed E-state index contributed by atoms with van der Waals surface area (Å²) in [5, 5.41) is 2.81. The van der Waals surface area contributed by atoms with E-state index in [1.54, 1.807) is 15.9 Å². The minimum atomic E-state index is -0.881. The smallest absolute Gasteiger partial charge is 0.318 e. The molecule has 3 amide bonds. The Morgan fingerprint density at radius 2 is 2.04 bits per heavy atom. The lowest BCUT2D eigenvalue weighted by Crippen LogP contribution is -2.42. The molecule has 2 heterocycles. The highest BCUT2D eigenvalue weighted by atomic mass is 32.2. The number of urea groups is 1. The topological polar surface area (TPSA) is 107 Å². The Kier molecular flexibility index (Phi) is 5.90. The summed E-state index contributed by atoms with van der Waals surface area (Å²) in [6, 6.07) is -0.881. The molecule has 1 unspecified atom stereocenters. The van der Waals surface area contributed by atoms with E-state index in [0.29, 0.717) is 11.7 Å². The molecule has 0 spiro atoms. The van der Waals surface area contributed by atoms with E-state index in [4.69, 9.17) is 10.7 Å². The van der Waals surface area contributed by atoms with Gasteiger partial charge in [0, 0.05) is 11.4 Å². The van der Waals surface area contributed by atoms with Crippen LogP contribution >= 0.6 is 23.1 Å². The molecular weight excluding hydrogens is 384 g/mol. The van der Waals surface area contributed by atoms with Crippen LogP contribution in [0.3, 0.4) is 0 Å². The largest absolute Gasteiger partial charge is 0.351 e. The zero-order valence-electron chi connectivity index (χ0n) is 15.7. The first-order valence-electron chi connectivity index (χ1n) is 9.15. The number of aromatic nitrogens is 2. The van der Waals surface area contributed by atoms with Crippen LogP contribution < -0.4 is 16.6 Å². The number of hydrogen-bond donors (Lipinski definition) is 2. The summed E-state index contributed by atoms with van der Waals surface area (Å²) in [5.74, 6) is -0.534. The minimum absolute atomic E-state index is 0.0396. The normalized spacial score (nSPS) is 15.0. The molecule has 146 valence electrons. The van der Waals surface area contributed by atoms with Crippen LogP contribution in [-0.2, 0) is 24.2 Å². The Balaban J connectivity index is 2.06. The molecule has 3 N–H and O–H groups in total. The summed E-state index contributed by atoms with van der Waals surface area (Å²) in [4.78, 5) is 43.3. The summed E-state index contributed by atoms with van der Waals surface area (Å²) >= 11 is 2.80. The maximum absolute atomic E-state index is 13.2. The third kappa shape index (κ3) is 3.89. The highest BCUT2D eigenvalue weighted by Crippen LogP contribution is 2.35. The van der Waals surface area contributed by atoms with Crippen LogP contribution in [0.15, 0.2) is 9.95 Å². The third-order valence-corrected chi connectivity index (χ3v) is 7.42. The Morgan fingerprint density at radius 1 is 1.33 bits per heavy atom. The number of fused-ring (bicyclic) bond motifs is 3. The van der Waals surface area contributed by atoms with Crippen molar-refractivity contribution in [3.05, 3.63) is 20.8 Å². The standard InChI is InChI=1S/C18H24N4O3S2/c1-4-22-16(24)12-10-7-5-6-8-11(10)26-15(12)21-18(22)27-13(9(2)3)14(23)20-17(19)25/h9,13H,4-8H2,1-3H3,(H3,19,20,23,25). The molecule has 1 atom stereocenters. The number of amides is 3. The number of thioether (sulfide) groups is 1. The van der Waals surface area contributed by atoms with Crippen molar-refractivity contribution in [2.24, 2.45) is 11.7 Å². The van der Waals surface area contributed by atoms with E-state index in [1.807, 2.05) is 20.8 Å². The van der Waals surface area contributed by atoms with E-state index in [2.05, 4.69) is 5.32 Å². The van der Waals surface area contributed by atoms with Crippen molar-refractivity contribution in [3.63, 3.8) is 0 Å². The highest BCUT2D eigenvalue weighted by molar-refractivity contribution is 8.00. The van der Waals surface area contributed by atoms with Crippen LogP contribution in [0.25, 0.3) is 10.2 Å². The third-order valence-electron chi connectivity index (χ3n) is 4.70. The van der Waals surface area contributed by atoms with Gasteiger partial charge >= 0.3 is 6.03 Å². The zero-order chi connectivity index (χ0) is 19.7. The molecule has 0 radical (unpaired) electrons. The Hall–Kier alpha value is -1.87. The fourth-order valence-corrected chi connectivity index (χ4v) is 5.85. The number of carbonyl (C=O) groups is 2. The van der Waals surface area contributed by atoms with Crippen molar-refractivity contribution in [3.8, 4) is 0 Å². The molecule has 0 bridgehead atoms. The number of imide groups is 1. The number of primary amides is 1. The minimum Gasteiger partial charge on any atom is -0.351 e. The summed E-state index contributed by atoms with van der Waals surface area (Å²) in [6.07, 6.45) is 4.17. The molecular formula is C18H24N4O3S2. The van der Waals surface area contributed by atoms with Gasteiger partial charge in [-0.2, -0.15) is 0 Å². The number of nitrogens with zero attached hydrogens (tertiary/aromatic N) is 2. The van der Waals surface area contributed by atoms with Crippen LogP contribution in [0.5, 0.6) is 0 Å². The molecule has 27 heavy (non-hydrogen) atoms. The Bertz CT molecular complexity index is 948. The number of nitrogens with two attached hydrogens (primary N) is 1. The lowest BCUT2D eigenvalue weighted by atomic mass is 9.97. The molecule has 0 aromatic carbocycles. The van der Waals surface area contributed by atoms with Gasteiger partial charge in [0.25, 0.3) is 5.56 Å². The maximum atomic E-state index is 13.2. The number of carbonyl (C=O) groups excluding carboxylic acids is 2. The molecule has 0 aliphatic heterocycles. The van der Waals surface area contributed by atoms with E-state index in [1.165, 1.54) is 16.6 Å². The number of hydrogen-bond acceptors (Lipinski definition) is 6. The molecule has 2 aromatic heterocycles. The van der Waals surface area contributed by atoms with Crippen molar-refractivity contribution >= 4 is 45.3 Å². The lowest BCUT2D eigenvalue weighted by molar-refractivity contribution is -0.120. The van der Waals surface area contributed by atoms with Crippen LogP contribution in [0.2, 0.25) is 0 Å². The van der Waals surface area contributed by atoms with Crippen LogP contribution in [-0.4, -0.2) is 26.7 Å². The highest BCUT2D eigenvalue weighted by Gasteiger charge is 2.28. The molecule has 2 aromatic rings. The monoisotopic (exact) mass is 408 g/mol. The second-order valence-corrected chi connectivity index (χ2v) is 9.16. The molecule has 0 saturated heterocycles. The van der Waals surface area contributed by atoms with Gasteiger partial charge in [-0.1, -0.05) is 25.6 Å². The van der Waals surface area contributed by atoms with E-state index in [9.17, 15) is 14.4 Å². The molecule has 1 aliphatic rings. The second kappa shape index (κ2) is 8.02. The van der Waals surface area contributed by atoms with Crippen molar-refractivity contribution in [2.75, 3.05) is 0 Å². The predicted molar refractivity (Wildman–Crippen MR) is 108 cm³/mol. The fraction of sp³-hybridized carbons (Fsp3) is 0.556. The van der Waals surface area contributed by atoms with E-state index >= 15 is 0 Å². The van der Waals surface area contributed by atoms with Gasteiger partial charge in [0.1, 0.15) is 4.83 Å². The van der Waals surface area contributed by atoms with Crippen molar-refractivity contribution in [1.29, 1.82) is 0 Å². The van der Waals surface area contributed by atoms with Gasteiger partial charge in [-0.3, -0.25) is 19.5 Å². The molecule has 0 fully saturated rings. The Labute approximate surface area is 165 Å². The average Bonchev–Trinajstić information content (AvgIpc) is 2.97. The lowest BCUT2D eigenvalue weighted by Gasteiger charge is -2.20. The van der Waals surface area contributed by atoms with Gasteiger partial charge in [0.2, 0.25) is 5.91 Å². The summed E-state index contributed by atoms with van der Waals surface area (Å²) < 4.78 is 1.63. The van der Waals surface area contributed by atoms with E-state index in [-0.39, 0.29) is 11.5 Å². The fourth-order valence-electron chi connectivity index (χ4n) is 3.39. The van der Waals surface area contributed by atoms with Gasteiger partial charge in [-0.15, -0.1) is 11.3 Å². The molecule has 7 nitrogen and oxygen atoms in total. The molecule has 3 rings (SSSR count).